The minimum absolute atomic E-state index is 0.0927. The number of hydrogen-bond acceptors (Lipinski definition) is 9. The molecule has 1 aromatic carbocycles. The molecule has 2 aromatic heterocycles. The second-order valence-electron chi connectivity index (χ2n) is 6.89. The number of ether oxygens (including phenoxy) is 1. The number of cyclic esters (lactones) is 1. The van der Waals surface area contributed by atoms with Crippen molar-refractivity contribution in [2.75, 3.05) is 17.7 Å². The van der Waals surface area contributed by atoms with Crippen molar-refractivity contribution in [3.8, 4) is 6.07 Å². The lowest BCUT2D eigenvalue weighted by Gasteiger charge is -2.10. The van der Waals surface area contributed by atoms with E-state index in [1.165, 1.54) is 6.20 Å². The zero-order chi connectivity index (χ0) is 22.7. The number of nitrogens with one attached hydrogen (secondary N) is 2. The summed E-state index contributed by atoms with van der Waals surface area (Å²) in [5.41, 5.74) is 7.52. The number of pyridine rings is 1. The van der Waals surface area contributed by atoms with Gasteiger partial charge in [0, 0.05) is 23.9 Å². The van der Waals surface area contributed by atoms with Crippen molar-refractivity contribution in [1.29, 1.82) is 5.26 Å². The summed E-state index contributed by atoms with van der Waals surface area (Å²) < 4.78 is 4.84. The van der Waals surface area contributed by atoms with Crippen molar-refractivity contribution in [3.05, 3.63) is 70.4 Å². The number of nitrogens with zero attached hydrogens (tertiary/aromatic N) is 2. The first-order valence-electron chi connectivity index (χ1n) is 9.60. The second-order valence-corrected chi connectivity index (χ2v) is 7.91. The van der Waals surface area contributed by atoms with Crippen LogP contribution in [0.25, 0.3) is 0 Å². The van der Waals surface area contributed by atoms with Gasteiger partial charge in [-0.15, -0.1) is 11.3 Å². The topological polar surface area (TPSA) is 147 Å². The van der Waals surface area contributed by atoms with Gasteiger partial charge in [0.05, 0.1) is 12.3 Å². The van der Waals surface area contributed by atoms with E-state index in [9.17, 15) is 19.6 Å². The van der Waals surface area contributed by atoms with E-state index in [0.717, 1.165) is 11.3 Å². The molecule has 1 unspecified atom stereocenters. The van der Waals surface area contributed by atoms with E-state index in [2.05, 4.69) is 15.6 Å². The van der Waals surface area contributed by atoms with E-state index >= 15 is 0 Å². The molecule has 0 bridgehead atoms. The first kappa shape index (κ1) is 21.0. The van der Waals surface area contributed by atoms with Gasteiger partial charge in [-0.05, 0) is 36.4 Å². The van der Waals surface area contributed by atoms with Gasteiger partial charge in [-0.2, -0.15) is 5.26 Å². The number of carbonyl (C=O) groups is 3. The molecule has 32 heavy (non-hydrogen) atoms. The molecule has 3 aromatic rings. The van der Waals surface area contributed by atoms with Crippen LogP contribution in [0.15, 0.2) is 48.7 Å². The van der Waals surface area contributed by atoms with Crippen LogP contribution in [-0.2, 0) is 9.53 Å². The molecule has 0 aliphatic carbocycles. The minimum Gasteiger partial charge on any atom is -0.464 e. The Morgan fingerprint density at radius 3 is 2.62 bits per heavy atom. The summed E-state index contributed by atoms with van der Waals surface area (Å²) in [5, 5.41) is 15.7. The summed E-state index contributed by atoms with van der Waals surface area (Å²) >= 11 is 1.06. The smallest absolute Gasteiger partial charge is 0.328 e. The van der Waals surface area contributed by atoms with E-state index < -0.39 is 12.0 Å². The molecule has 1 saturated heterocycles. The molecule has 1 fully saturated rings. The van der Waals surface area contributed by atoms with Gasteiger partial charge >= 0.3 is 5.97 Å². The first-order chi connectivity index (χ1) is 15.5. The van der Waals surface area contributed by atoms with E-state index in [0.29, 0.717) is 29.3 Å². The van der Waals surface area contributed by atoms with Crippen LogP contribution in [0.1, 0.15) is 37.7 Å². The molecule has 160 valence electrons. The number of nitriles is 1. The highest BCUT2D eigenvalue weighted by molar-refractivity contribution is 7.19. The highest BCUT2D eigenvalue weighted by Gasteiger charge is 2.28. The van der Waals surface area contributed by atoms with Gasteiger partial charge in [-0.1, -0.05) is 6.07 Å². The maximum absolute atomic E-state index is 12.7. The molecule has 1 amide bonds. The van der Waals surface area contributed by atoms with Crippen LogP contribution in [-0.4, -0.2) is 35.3 Å². The predicted octanol–water partition coefficient (Wildman–Crippen LogP) is 2.62. The number of nitrogen functional groups attached to an aromatic ring is 1. The Hall–Kier alpha value is -4.23. The molecule has 4 N–H and O–H groups in total. The molecule has 0 spiro atoms. The van der Waals surface area contributed by atoms with Crippen LogP contribution in [0, 0.1) is 11.3 Å². The molecular formula is C22H17N5O4S. The number of aromatic nitrogens is 1. The summed E-state index contributed by atoms with van der Waals surface area (Å²) in [6, 6.07) is 12.8. The Morgan fingerprint density at radius 2 is 2.00 bits per heavy atom. The standard InChI is InChI=1S/C22H17N5O4S/c23-11-14-17(24)19(18(28)15-3-1-2-9-25-15)32-21(14)26-13-6-4-12(5-7-13)20(29)27-16-8-10-31-22(16)30/h1-7,9,16,26H,8,10,24H2,(H,27,29). The predicted molar refractivity (Wildman–Crippen MR) is 118 cm³/mol. The SMILES string of the molecule is N#Cc1c(Nc2ccc(C(=O)NC3CCOC3=O)cc2)sc(C(=O)c2ccccn2)c1N. The van der Waals surface area contributed by atoms with E-state index in [1.54, 1.807) is 42.5 Å². The number of anilines is 3. The third-order valence-electron chi connectivity index (χ3n) is 4.81. The molecular weight excluding hydrogens is 430 g/mol. The molecule has 0 saturated carbocycles. The quantitative estimate of drug-likeness (QED) is 0.386. The molecule has 3 heterocycles. The molecule has 1 atom stereocenters. The zero-order valence-electron chi connectivity index (χ0n) is 16.6. The maximum Gasteiger partial charge on any atom is 0.328 e. The number of esters is 1. The van der Waals surface area contributed by atoms with Gasteiger partial charge < -0.3 is 21.1 Å². The van der Waals surface area contributed by atoms with E-state index in [1.807, 2.05) is 6.07 Å². The Kier molecular flexibility index (Phi) is 5.83. The number of ketones is 1. The monoisotopic (exact) mass is 447 g/mol. The van der Waals surface area contributed by atoms with Crippen molar-refractivity contribution >= 4 is 45.4 Å². The molecule has 10 heteroatoms. The van der Waals surface area contributed by atoms with E-state index in [4.69, 9.17) is 10.5 Å². The zero-order valence-corrected chi connectivity index (χ0v) is 17.4. The summed E-state index contributed by atoms with van der Waals surface area (Å²) in [7, 11) is 0. The lowest BCUT2D eigenvalue weighted by Crippen LogP contribution is -2.37. The molecule has 0 radical (unpaired) electrons. The summed E-state index contributed by atoms with van der Waals surface area (Å²) in [6.07, 6.45) is 1.95. The van der Waals surface area contributed by atoms with Gasteiger partial charge in [0.25, 0.3) is 5.91 Å². The molecule has 9 nitrogen and oxygen atoms in total. The maximum atomic E-state index is 12.7. The van der Waals surface area contributed by atoms with Gasteiger partial charge in [-0.3, -0.25) is 14.6 Å². The second kappa shape index (κ2) is 8.87. The number of carbonyl (C=O) groups excluding carboxylic acids is 3. The number of benzene rings is 1. The average molecular weight is 447 g/mol. The number of rotatable bonds is 6. The molecule has 4 rings (SSSR count). The largest absolute Gasteiger partial charge is 0.464 e. The number of hydrogen-bond donors (Lipinski definition) is 3. The van der Waals surface area contributed by atoms with Gasteiger partial charge in [-0.25, -0.2) is 4.79 Å². The average Bonchev–Trinajstić information content (AvgIpc) is 3.36. The van der Waals surface area contributed by atoms with Crippen molar-refractivity contribution in [3.63, 3.8) is 0 Å². The summed E-state index contributed by atoms with van der Waals surface area (Å²) in [4.78, 5) is 40.9. The van der Waals surface area contributed by atoms with Gasteiger partial charge in [0.1, 0.15) is 33.2 Å². The van der Waals surface area contributed by atoms with Crippen LogP contribution in [0.4, 0.5) is 16.4 Å². The third kappa shape index (κ3) is 4.14. The lowest BCUT2D eigenvalue weighted by atomic mass is 10.1. The summed E-state index contributed by atoms with van der Waals surface area (Å²) in [6.45, 7) is 0.294. The highest BCUT2D eigenvalue weighted by atomic mass is 32.1. The normalized spacial score (nSPS) is 15.0. The first-order valence-corrected chi connectivity index (χ1v) is 10.4. The lowest BCUT2D eigenvalue weighted by molar-refractivity contribution is -0.139. The minimum atomic E-state index is -0.636. The van der Waals surface area contributed by atoms with Gasteiger partial charge in [0.15, 0.2) is 0 Å². The van der Waals surface area contributed by atoms with E-state index in [-0.39, 0.29) is 33.5 Å². The Bertz CT molecular complexity index is 1230. The van der Waals surface area contributed by atoms with Crippen LogP contribution < -0.4 is 16.4 Å². The molecule has 1 aliphatic heterocycles. The Labute approximate surface area is 186 Å². The van der Waals surface area contributed by atoms with Crippen LogP contribution >= 0.6 is 11.3 Å². The number of nitrogens with two attached hydrogens (primary N) is 1. The van der Waals surface area contributed by atoms with Crippen molar-refractivity contribution in [2.24, 2.45) is 0 Å². The Balaban J connectivity index is 1.51. The fourth-order valence-corrected chi connectivity index (χ4v) is 4.17. The molecule has 1 aliphatic rings. The fourth-order valence-electron chi connectivity index (χ4n) is 3.13. The van der Waals surface area contributed by atoms with Gasteiger partial charge in [0.2, 0.25) is 5.78 Å². The van der Waals surface area contributed by atoms with Crippen LogP contribution in [0.3, 0.4) is 0 Å². The van der Waals surface area contributed by atoms with Crippen molar-refractivity contribution < 1.29 is 19.1 Å². The van der Waals surface area contributed by atoms with Crippen LogP contribution in [0.2, 0.25) is 0 Å². The van der Waals surface area contributed by atoms with Crippen molar-refractivity contribution in [1.82, 2.24) is 10.3 Å². The third-order valence-corrected chi connectivity index (χ3v) is 5.93. The number of thiophene rings is 1. The highest BCUT2D eigenvalue weighted by Crippen LogP contribution is 2.38. The Morgan fingerprint density at radius 1 is 1.22 bits per heavy atom. The van der Waals surface area contributed by atoms with Crippen LogP contribution in [0.5, 0.6) is 0 Å². The number of amides is 1. The fraction of sp³-hybridized carbons (Fsp3) is 0.136. The van der Waals surface area contributed by atoms with Crippen molar-refractivity contribution in [2.45, 2.75) is 12.5 Å². The summed E-state index contributed by atoms with van der Waals surface area (Å²) in [5.74, 6) is -1.19.